The van der Waals surface area contributed by atoms with Crippen molar-refractivity contribution in [3.63, 3.8) is 0 Å². The average Bonchev–Trinajstić information content (AvgIpc) is 2.35. The summed E-state index contributed by atoms with van der Waals surface area (Å²) in [4.78, 5) is 19.7. The number of halogens is 1. The summed E-state index contributed by atoms with van der Waals surface area (Å²) in [5.74, 6) is -0.306. The second kappa shape index (κ2) is 4.93. The van der Waals surface area contributed by atoms with Gasteiger partial charge in [0.15, 0.2) is 5.15 Å². The van der Waals surface area contributed by atoms with E-state index in [4.69, 9.17) is 11.6 Å². The third-order valence-corrected chi connectivity index (χ3v) is 2.42. The third kappa shape index (κ3) is 2.79. The molecule has 0 atom stereocenters. The monoisotopic (exact) mass is 247 g/mol. The normalized spacial score (nSPS) is 10.0. The summed E-state index contributed by atoms with van der Waals surface area (Å²) in [5.41, 5.74) is 1.75. The second-order valence-electron chi connectivity index (χ2n) is 3.52. The maximum Gasteiger partial charge on any atom is 0.274 e. The van der Waals surface area contributed by atoms with Crippen LogP contribution >= 0.6 is 11.6 Å². The number of nitrogens with zero attached hydrogens (tertiary/aromatic N) is 2. The molecular weight excluding hydrogens is 238 g/mol. The Morgan fingerprint density at radius 2 is 2.18 bits per heavy atom. The van der Waals surface area contributed by atoms with E-state index in [9.17, 15) is 4.79 Å². The van der Waals surface area contributed by atoms with Gasteiger partial charge >= 0.3 is 0 Å². The van der Waals surface area contributed by atoms with Crippen LogP contribution in [0.5, 0.6) is 0 Å². The van der Waals surface area contributed by atoms with Gasteiger partial charge in [0.25, 0.3) is 5.91 Å². The first-order valence-corrected chi connectivity index (χ1v) is 5.39. The van der Waals surface area contributed by atoms with E-state index in [1.807, 2.05) is 6.92 Å². The average molecular weight is 248 g/mol. The number of hydrogen-bond acceptors (Lipinski definition) is 3. The van der Waals surface area contributed by atoms with Crippen LogP contribution in [0.1, 0.15) is 16.1 Å². The Hall–Kier alpha value is -1.94. The summed E-state index contributed by atoms with van der Waals surface area (Å²) in [5, 5.41) is 2.94. The van der Waals surface area contributed by atoms with Crippen molar-refractivity contribution in [2.24, 2.45) is 0 Å². The Kier molecular flexibility index (Phi) is 3.35. The lowest BCUT2D eigenvalue weighted by molar-refractivity contribution is 0.102. The van der Waals surface area contributed by atoms with Crippen LogP contribution in [0, 0.1) is 6.92 Å². The molecule has 0 saturated heterocycles. The number of anilines is 1. The van der Waals surface area contributed by atoms with Gasteiger partial charge < -0.3 is 5.32 Å². The zero-order valence-electron chi connectivity index (χ0n) is 9.14. The van der Waals surface area contributed by atoms with E-state index >= 15 is 0 Å². The Bertz CT molecular complexity index is 543. The van der Waals surface area contributed by atoms with Crippen LogP contribution in [0.4, 0.5) is 5.69 Å². The summed E-state index contributed by atoms with van der Waals surface area (Å²) < 4.78 is 0. The molecule has 2 rings (SSSR count). The van der Waals surface area contributed by atoms with Gasteiger partial charge in [-0.1, -0.05) is 17.7 Å². The molecule has 17 heavy (non-hydrogen) atoms. The number of nitrogens with one attached hydrogen (secondary N) is 1. The molecule has 0 aliphatic rings. The van der Waals surface area contributed by atoms with Crippen LogP contribution in [0.2, 0.25) is 5.15 Å². The third-order valence-electron chi connectivity index (χ3n) is 2.12. The van der Waals surface area contributed by atoms with Crippen LogP contribution < -0.4 is 5.32 Å². The van der Waals surface area contributed by atoms with Crippen molar-refractivity contribution in [3.8, 4) is 0 Å². The highest BCUT2D eigenvalue weighted by Crippen LogP contribution is 2.20. The molecule has 0 unspecified atom stereocenters. The predicted octanol–water partition coefficient (Wildman–Crippen LogP) is 2.69. The van der Waals surface area contributed by atoms with Gasteiger partial charge in [0.1, 0.15) is 5.69 Å². The lowest BCUT2D eigenvalue weighted by Gasteiger charge is -2.06. The number of aryl methyl sites for hydroxylation is 1. The van der Waals surface area contributed by atoms with Crippen molar-refractivity contribution in [2.75, 3.05) is 5.32 Å². The predicted molar refractivity (Wildman–Crippen MR) is 66.2 cm³/mol. The van der Waals surface area contributed by atoms with Crippen molar-refractivity contribution in [1.29, 1.82) is 0 Å². The lowest BCUT2D eigenvalue weighted by Crippen LogP contribution is -2.14. The molecule has 0 fully saturated rings. The fourth-order valence-corrected chi connectivity index (χ4v) is 1.47. The number of hydrogen-bond donors (Lipinski definition) is 1. The van der Waals surface area contributed by atoms with Gasteiger partial charge in [-0.15, -0.1) is 0 Å². The van der Waals surface area contributed by atoms with Crippen molar-refractivity contribution in [1.82, 2.24) is 9.97 Å². The molecule has 1 N–H and O–H groups in total. The Morgan fingerprint density at radius 1 is 1.35 bits per heavy atom. The molecule has 0 spiro atoms. The minimum absolute atomic E-state index is 0.264. The zero-order chi connectivity index (χ0) is 12.3. The number of carbonyl (C=O) groups is 1. The molecule has 0 aromatic carbocycles. The van der Waals surface area contributed by atoms with E-state index in [2.05, 4.69) is 15.3 Å². The fourth-order valence-electron chi connectivity index (χ4n) is 1.32. The molecule has 2 heterocycles. The molecule has 4 nitrogen and oxygen atoms in total. The Balaban J connectivity index is 2.22. The second-order valence-corrected chi connectivity index (χ2v) is 3.88. The molecule has 1 amide bonds. The molecule has 0 saturated carbocycles. The van der Waals surface area contributed by atoms with Crippen LogP contribution in [0.25, 0.3) is 0 Å². The van der Waals surface area contributed by atoms with E-state index in [-0.39, 0.29) is 11.1 Å². The first-order valence-electron chi connectivity index (χ1n) is 5.01. The van der Waals surface area contributed by atoms with Crippen LogP contribution in [-0.2, 0) is 0 Å². The first-order chi connectivity index (χ1) is 8.16. The number of carbonyl (C=O) groups excluding carboxylic acids is 1. The highest BCUT2D eigenvalue weighted by Gasteiger charge is 2.09. The maximum absolute atomic E-state index is 11.8. The summed E-state index contributed by atoms with van der Waals surface area (Å²) in [6.07, 6.45) is 3.20. The quantitative estimate of drug-likeness (QED) is 0.830. The van der Waals surface area contributed by atoms with Gasteiger partial charge in [0, 0.05) is 12.4 Å². The molecule has 0 aliphatic heterocycles. The van der Waals surface area contributed by atoms with Gasteiger partial charge in [0.2, 0.25) is 0 Å². The largest absolute Gasteiger partial charge is 0.318 e. The smallest absolute Gasteiger partial charge is 0.274 e. The van der Waals surface area contributed by atoms with Crippen LogP contribution in [0.3, 0.4) is 0 Å². The number of aromatic nitrogens is 2. The van der Waals surface area contributed by atoms with Crippen molar-refractivity contribution in [3.05, 3.63) is 53.1 Å². The van der Waals surface area contributed by atoms with Crippen molar-refractivity contribution >= 4 is 23.2 Å². The van der Waals surface area contributed by atoms with Gasteiger partial charge in [-0.05, 0) is 30.7 Å². The minimum Gasteiger partial charge on any atom is -0.318 e. The highest BCUT2D eigenvalue weighted by atomic mass is 35.5. The number of pyridine rings is 2. The van der Waals surface area contributed by atoms with E-state index in [0.29, 0.717) is 11.4 Å². The molecule has 0 radical (unpaired) electrons. The van der Waals surface area contributed by atoms with Crippen LogP contribution in [0.15, 0.2) is 36.7 Å². The van der Waals surface area contributed by atoms with E-state index in [1.165, 1.54) is 0 Å². The van der Waals surface area contributed by atoms with Gasteiger partial charge in [-0.2, -0.15) is 0 Å². The lowest BCUT2D eigenvalue weighted by atomic mass is 10.3. The summed E-state index contributed by atoms with van der Waals surface area (Å²) >= 11 is 5.88. The van der Waals surface area contributed by atoms with Crippen molar-refractivity contribution in [2.45, 2.75) is 6.92 Å². The number of rotatable bonds is 2. The van der Waals surface area contributed by atoms with E-state index in [1.54, 1.807) is 36.7 Å². The standard InChI is InChI=1S/C12H10ClN3O/c1-8-6-10(11(13)15-7-8)16-12(17)9-4-2-3-5-14-9/h2-7H,1H3,(H,16,17). The summed E-state index contributed by atoms with van der Waals surface area (Å²) in [7, 11) is 0. The zero-order valence-corrected chi connectivity index (χ0v) is 9.90. The van der Waals surface area contributed by atoms with E-state index < -0.39 is 0 Å². The van der Waals surface area contributed by atoms with Gasteiger partial charge in [0.05, 0.1) is 5.69 Å². The van der Waals surface area contributed by atoms with Crippen molar-refractivity contribution < 1.29 is 4.79 Å². The maximum atomic E-state index is 11.8. The fraction of sp³-hybridized carbons (Fsp3) is 0.0833. The summed E-state index contributed by atoms with van der Waals surface area (Å²) in [6, 6.07) is 6.89. The van der Waals surface area contributed by atoms with Gasteiger partial charge in [-0.25, -0.2) is 4.98 Å². The SMILES string of the molecule is Cc1cnc(Cl)c(NC(=O)c2ccccn2)c1. The molecule has 5 heteroatoms. The number of amides is 1. The molecule has 0 bridgehead atoms. The van der Waals surface area contributed by atoms with Crippen LogP contribution in [-0.4, -0.2) is 15.9 Å². The molecule has 0 aliphatic carbocycles. The minimum atomic E-state index is -0.306. The van der Waals surface area contributed by atoms with E-state index in [0.717, 1.165) is 5.56 Å². The topological polar surface area (TPSA) is 54.9 Å². The Morgan fingerprint density at radius 3 is 2.88 bits per heavy atom. The molecular formula is C12H10ClN3O. The first kappa shape index (κ1) is 11.5. The summed E-state index contributed by atoms with van der Waals surface area (Å²) in [6.45, 7) is 1.87. The Labute approximate surface area is 104 Å². The molecule has 2 aromatic heterocycles. The highest BCUT2D eigenvalue weighted by molar-refractivity contribution is 6.32. The molecule has 86 valence electrons. The molecule has 2 aromatic rings. The van der Waals surface area contributed by atoms with Gasteiger partial charge in [-0.3, -0.25) is 9.78 Å².